The molecule has 180 valence electrons. The van der Waals surface area contributed by atoms with Crippen LogP contribution in [0, 0.1) is 11.8 Å². The lowest BCUT2D eigenvalue weighted by atomic mass is 9.77. The van der Waals surface area contributed by atoms with E-state index < -0.39 is 41.2 Å². The van der Waals surface area contributed by atoms with E-state index in [0.717, 1.165) is 44.2 Å². The number of carbonyl (C=O) groups is 3. The number of ether oxygens (including phenoxy) is 1. The van der Waals surface area contributed by atoms with E-state index in [9.17, 15) is 27.6 Å². The number of hydrogen-bond donors (Lipinski definition) is 3. The van der Waals surface area contributed by atoms with Crippen LogP contribution < -0.4 is 21.3 Å². The van der Waals surface area contributed by atoms with Gasteiger partial charge in [-0.1, -0.05) is 6.42 Å². The fourth-order valence-electron chi connectivity index (χ4n) is 4.43. The Labute approximate surface area is 189 Å². The van der Waals surface area contributed by atoms with Crippen molar-refractivity contribution < 1.29 is 32.3 Å². The molecule has 2 aliphatic carbocycles. The van der Waals surface area contributed by atoms with E-state index >= 15 is 0 Å². The Hall–Kier alpha value is -2.66. The number of alkyl halides is 3. The molecule has 1 aliphatic heterocycles. The Morgan fingerprint density at radius 2 is 1.85 bits per heavy atom. The zero-order valence-corrected chi connectivity index (χ0v) is 18.0. The van der Waals surface area contributed by atoms with Crippen LogP contribution in [0.2, 0.25) is 0 Å². The van der Waals surface area contributed by atoms with E-state index in [1.165, 1.54) is 11.0 Å². The highest BCUT2D eigenvalue weighted by Crippen LogP contribution is 2.42. The summed E-state index contributed by atoms with van der Waals surface area (Å²) in [5, 5.41) is 5.26. The summed E-state index contributed by atoms with van der Waals surface area (Å²) in [6.45, 7) is 0.120. The highest BCUT2D eigenvalue weighted by molar-refractivity contribution is 6.10. The molecule has 4 rings (SSSR count). The summed E-state index contributed by atoms with van der Waals surface area (Å²) in [6.07, 6.45) is 0.229. The third kappa shape index (κ3) is 5.30. The smallest absolute Gasteiger partial charge is 0.370 e. The Morgan fingerprint density at radius 1 is 1.15 bits per heavy atom. The molecule has 3 aliphatic rings. The zero-order valence-electron chi connectivity index (χ0n) is 18.0. The molecule has 8 nitrogen and oxygen atoms in total. The van der Waals surface area contributed by atoms with Crippen LogP contribution >= 0.6 is 0 Å². The van der Waals surface area contributed by atoms with Gasteiger partial charge in [0.1, 0.15) is 6.61 Å². The number of nitrogens with one attached hydrogen (secondary N) is 2. The SMILES string of the molecule is NC(=O)[C@@H](NC(C1CCC1)C1CC1)C(=O)Nc1ccc(N2CCOCC2=O)cc1C(F)(F)F. The van der Waals surface area contributed by atoms with Crippen LogP contribution in [0.25, 0.3) is 0 Å². The van der Waals surface area contributed by atoms with Gasteiger partial charge in [0.2, 0.25) is 5.91 Å². The van der Waals surface area contributed by atoms with Crippen molar-refractivity contribution >= 4 is 29.1 Å². The van der Waals surface area contributed by atoms with Gasteiger partial charge >= 0.3 is 6.18 Å². The van der Waals surface area contributed by atoms with Crippen molar-refractivity contribution in [3.8, 4) is 0 Å². The molecular weight excluding hydrogens is 441 g/mol. The largest absolute Gasteiger partial charge is 0.418 e. The third-order valence-electron chi connectivity index (χ3n) is 6.56. The molecule has 0 spiro atoms. The predicted molar refractivity (Wildman–Crippen MR) is 113 cm³/mol. The lowest BCUT2D eigenvalue weighted by molar-refractivity contribution is -0.137. The second kappa shape index (κ2) is 9.30. The summed E-state index contributed by atoms with van der Waals surface area (Å²) in [6, 6.07) is 1.72. The molecule has 1 saturated heterocycles. The zero-order chi connectivity index (χ0) is 23.8. The van der Waals surface area contributed by atoms with Crippen molar-refractivity contribution in [2.75, 3.05) is 30.0 Å². The van der Waals surface area contributed by atoms with E-state index in [4.69, 9.17) is 10.5 Å². The molecular formula is C22H27F3N4O4. The van der Waals surface area contributed by atoms with Crippen molar-refractivity contribution in [1.82, 2.24) is 5.32 Å². The minimum absolute atomic E-state index is 0.0528. The van der Waals surface area contributed by atoms with Gasteiger partial charge in [0, 0.05) is 18.3 Å². The Kier molecular flexibility index (Phi) is 6.62. The fourth-order valence-corrected chi connectivity index (χ4v) is 4.43. The van der Waals surface area contributed by atoms with E-state index in [-0.39, 0.29) is 31.5 Å². The standard InChI is InChI=1S/C22H27F3N4O4/c23-22(24,25)15-10-14(29-8-9-33-11-17(29)30)6-7-16(15)27-21(32)19(20(26)31)28-18(13-4-5-13)12-2-1-3-12/h6-7,10,12-13,18-19,28H,1-5,8-9,11H2,(H2,26,31)(H,27,32)/t18?,19-/m1/s1. The minimum Gasteiger partial charge on any atom is -0.370 e. The molecule has 1 unspecified atom stereocenters. The summed E-state index contributed by atoms with van der Waals surface area (Å²) in [4.78, 5) is 38.1. The normalized spacial score (nSPS) is 21.3. The van der Waals surface area contributed by atoms with Gasteiger partial charge in [-0.15, -0.1) is 0 Å². The van der Waals surface area contributed by atoms with Gasteiger partial charge in [-0.25, -0.2) is 0 Å². The maximum absolute atomic E-state index is 13.8. The van der Waals surface area contributed by atoms with E-state index in [1.54, 1.807) is 0 Å². The monoisotopic (exact) mass is 468 g/mol. The molecule has 2 atom stereocenters. The molecule has 0 aromatic heterocycles. The summed E-state index contributed by atoms with van der Waals surface area (Å²) < 4.78 is 46.4. The fraction of sp³-hybridized carbons (Fsp3) is 0.591. The van der Waals surface area contributed by atoms with Gasteiger partial charge in [0.05, 0.1) is 17.9 Å². The highest BCUT2D eigenvalue weighted by atomic mass is 19.4. The van der Waals surface area contributed by atoms with Crippen LogP contribution in [-0.4, -0.2) is 49.6 Å². The van der Waals surface area contributed by atoms with Crippen molar-refractivity contribution in [3.63, 3.8) is 0 Å². The molecule has 1 heterocycles. The summed E-state index contributed by atoms with van der Waals surface area (Å²) in [7, 11) is 0. The number of anilines is 2. The summed E-state index contributed by atoms with van der Waals surface area (Å²) >= 11 is 0. The van der Waals surface area contributed by atoms with Crippen molar-refractivity contribution in [1.29, 1.82) is 0 Å². The molecule has 0 radical (unpaired) electrons. The van der Waals surface area contributed by atoms with Gasteiger partial charge in [0.15, 0.2) is 6.04 Å². The van der Waals surface area contributed by atoms with Crippen LogP contribution in [-0.2, 0) is 25.3 Å². The first-order valence-corrected chi connectivity index (χ1v) is 11.1. The first-order chi connectivity index (χ1) is 15.6. The van der Waals surface area contributed by atoms with Crippen LogP contribution in [0.15, 0.2) is 18.2 Å². The number of carbonyl (C=O) groups excluding carboxylic acids is 3. The molecule has 1 aromatic carbocycles. The van der Waals surface area contributed by atoms with Gasteiger partial charge in [-0.3, -0.25) is 19.7 Å². The highest BCUT2D eigenvalue weighted by Gasteiger charge is 2.42. The summed E-state index contributed by atoms with van der Waals surface area (Å²) in [5.41, 5.74) is 3.87. The van der Waals surface area contributed by atoms with Crippen molar-refractivity contribution in [2.45, 2.75) is 50.4 Å². The molecule has 0 bridgehead atoms. The number of amides is 3. The van der Waals surface area contributed by atoms with Gasteiger partial charge in [0.25, 0.3) is 11.8 Å². The van der Waals surface area contributed by atoms with Crippen LogP contribution in [0.3, 0.4) is 0 Å². The lowest BCUT2D eigenvalue weighted by Gasteiger charge is -2.36. The number of benzene rings is 1. The molecule has 11 heteroatoms. The lowest BCUT2D eigenvalue weighted by Crippen LogP contribution is -2.56. The maximum Gasteiger partial charge on any atom is 0.418 e. The summed E-state index contributed by atoms with van der Waals surface area (Å²) in [5.74, 6) is -1.65. The minimum atomic E-state index is -4.80. The number of primary amides is 1. The van der Waals surface area contributed by atoms with Gasteiger partial charge in [-0.2, -0.15) is 13.2 Å². The topological polar surface area (TPSA) is 114 Å². The van der Waals surface area contributed by atoms with E-state index in [2.05, 4.69) is 10.6 Å². The number of halogens is 3. The molecule has 3 amide bonds. The number of nitrogens with zero attached hydrogens (tertiary/aromatic N) is 1. The van der Waals surface area contributed by atoms with Crippen molar-refractivity contribution in [3.05, 3.63) is 23.8 Å². The molecule has 4 N–H and O–H groups in total. The number of rotatable bonds is 8. The van der Waals surface area contributed by atoms with Gasteiger partial charge in [-0.05, 0) is 55.7 Å². The van der Waals surface area contributed by atoms with Gasteiger partial charge < -0.3 is 20.7 Å². The molecule has 1 aromatic rings. The Balaban J connectivity index is 1.54. The predicted octanol–water partition coefficient (Wildman–Crippen LogP) is 2.03. The quantitative estimate of drug-likeness (QED) is 0.506. The Morgan fingerprint density at radius 3 is 2.39 bits per heavy atom. The second-order valence-electron chi connectivity index (χ2n) is 8.87. The molecule has 33 heavy (non-hydrogen) atoms. The average molecular weight is 468 g/mol. The van der Waals surface area contributed by atoms with E-state index in [0.29, 0.717) is 11.8 Å². The number of hydrogen-bond acceptors (Lipinski definition) is 5. The first-order valence-electron chi connectivity index (χ1n) is 11.1. The first kappa shape index (κ1) is 23.5. The Bertz CT molecular complexity index is 931. The number of morpholine rings is 1. The average Bonchev–Trinajstić information content (AvgIpc) is 3.54. The van der Waals surface area contributed by atoms with Crippen LogP contribution in [0.5, 0.6) is 0 Å². The van der Waals surface area contributed by atoms with E-state index in [1.807, 2.05) is 0 Å². The van der Waals surface area contributed by atoms with Crippen molar-refractivity contribution in [2.24, 2.45) is 17.6 Å². The van der Waals surface area contributed by atoms with Crippen LogP contribution in [0.1, 0.15) is 37.7 Å². The molecule has 3 fully saturated rings. The van der Waals surface area contributed by atoms with Crippen LogP contribution in [0.4, 0.5) is 24.5 Å². The number of nitrogens with two attached hydrogens (primary N) is 1. The molecule has 2 saturated carbocycles. The second-order valence-corrected chi connectivity index (χ2v) is 8.87. The third-order valence-corrected chi connectivity index (χ3v) is 6.56. The maximum atomic E-state index is 13.8.